The number of nitrogens with one attached hydrogen (secondary N) is 2. The van der Waals surface area contributed by atoms with Gasteiger partial charge in [0.25, 0.3) is 0 Å². The molecule has 0 bridgehead atoms. The number of carboxylic acid groups (broad SMARTS) is 1. The summed E-state index contributed by atoms with van der Waals surface area (Å²) in [7, 11) is -3.28. The Morgan fingerprint density at radius 3 is 2.31 bits per heavy atom. The minimum atomic E-state index is -3.28. The second-order valence-corrected chi connectivity index (χ2v) is 6.02. The van der Waals surface area contributed by atoms with Crippen LogP contribution in [0.4, 0.5) is 0 Å². The highest BCUT2D eigenvalue weighted by molar-refractivity contribution is 7.88. The van der Waals surface area contributed by atoms with Crippen LogP contribution >= 0.6 is 0 Å². The molecular weight excluding hydrogens is 232 g/mol. The summed E-state index contributed by atoms with van der Waals surface area (Å²) in [6, 6.07) is 0. The molecule has 0 aromatic rings. The molecule has 3 N–H and O–H groups in total. The molecule has 0 aromatic heterocycles. The molecule has 0 aliphatic heterocycles. The third-order valence-electron chi connectivity index (χ3n) is 1.67. The Bertz CT molecular complexity index is 373. The van der Waals surface area contributed by atoms with Crippen LogP contribution in [0.1, 0.15) is 13.8 Å². The van der Waals surface area contributed by atoms with Crippen molar-refractivity contribution in [1.82, 2.24) is 10.0 Å². The fourth-order valence-electron chi connectivity index (χ4n) is 1.14. The monoisotopic (exact) mass is 250 g/mol. The van der Waals surface area contributed by atoms with Crippen molar-refractivity contribution in [2.24, 2.45) is 0 Å². The van der Waals surface area contributed by atoms with Crippen LogP contribution in [0.25, 0.3) is 0 Å². The van der Waals surface area contributed by atoms with Crippen molar-refractivity contribution in [3.05, 3.63) is 12.2 Å². The van der Waals surface area contributed by atoms with Gasteiger partial charge in [-0.1, -0.05) is 6.58 Å². The van der Waals surface area contributed by atoms with E-state index < -0.39 is 21.5 Å². The lowest BCUT2D eigenvalue weighted by Crippen LogP contribution is -2.50. The van der Waals surface area contributed by atoms with E-state index in [2.05, 4.69) is 16.6 Å². The van der Waals surface area contributed by atoms with Gasteiger partial charge in [0.1, 0.15) is 0 Å². The largest absolute Gasteiger partial charge is 0.478 e. The zero-order chi connectivity index (χ0) is 13.0. The van der Waals surface area contributed by atoms with Crippen LogP contribution in [0.15, 0.2) is 12.2 Å². The molecule has 0 saturated carbocycles. The molecule has 0 amide bonds. The number of aliphatic carboxylic acids is 1. The average Bonchev–Trinajstić information content (AvgIpc) is 1.98. The van der Waals surface area contributed by atoms with Crippen molar-refractivity contribution in [1.29, 1.82) is 0 Å². The first kappa shape index (κ1) is 15.1. The van der Waals surface area contributed by atoms with Crippen molar-refractivity contribution in [2.75, 3.05) is 19.3 Å². The van der Waals surface area contributed by atoms with Gasteiger partial charge in [-0.2, -0.15) is 0 Å². The van der Waals surface area contributed by atoms with E-state index in [-0.39, 0.29) is 12.1 Å². The summed E-state index contributed by atoms with van der Waals surface area (Å²) in [5.74, 6) is -1.07. The summed E-state index contributed by atoms with van der Waals surface area (Å²) in [6.45, 7) is 7.17. The fourth-order valence-corrected chi connectivity index (χ4v) is 2.22. The molecule has 0 rings (SSSR count). The van der Waals surface area contributed by atoms with E-state index in [4.69, 9.17) is 5.11 Å². The Morgan fingerprint density at radius 1 is 1.44 bits per heavy atom. The highest BCUT2D eigenvalue weighted by Crippen LogP contribution is 2.02. The standard InChI is InChI=1S/C9H18N2O4S/c1-7(8(12)13)5-10-6-9(2,3)11-16(4,14)15/h10-11H,1,5-6H2,2-4H3,(H,12,13). The van der Waals surface area contributed by atoms with Gasteiger partial charge in [0.15, 0.2) is 0 Å². The van der Waals surface area contributed by atoms with Gasteiger partial charge in [0, 0.05) is 24.2 Å². The SMILES string of the molecule is C=C(CNCC(C)(C)NS(C)(=O)=O)C(=O)O. The molecular formula is C9H18N2O4S. The summed E-state index contributed by atoms with van der Waals surface area (Å²) in [6.07, 6.45) is 1.07. The number of hydrogen-bond donors (Lipinski definition) is 3. The van der Waals surface area contributed by atoms with Crippen molar-refractivity contribution in [3.63, 3.8) is 0 Å². The second-order valence-electron chi connectivity index (χ2n) is 4.27. The van der Waals surface area contributed by atoms with Gasteiger partial charge in [0.2, 0.25) is 10.0 Å². The van der Waals surface area contributed by atoms with Gasteiger partial charge in [-0.05, 0) is 13.8 Å². The Hall–Kier alpha value is -0.920. The molecule has 6 nitrogen and oxygen atoms in total. The van der Waals surface area contributed by atoms with Gasteiger partial charge in [0.05, 0.1) is 6.26 Å². The molecule has 7 heteroatoms. The van der Waals surface area contributed by atoms with Crippen LogP contribution < -0.4 is 10.0 Å². The van der Waals surface area contributed by atoms with E-state index in [1.807, 2.05) is 0 Å². The average molecular weight is 250 g/mol. The zero-order valence-electron chi connectivity index (χ0n) is 9.70. The molecule has 0 spiro atoms. The summed E-state index contributed by atoms with van der Waals surface area (Å²) in [4.78, 5) is 10.4. The predicted octanol–water partition coefficient (Wildman–Crippen LogP) is -0.455. The lowest BCUT2D eigenvalue weighted by Gasteiger charge is -2.25. The molecule has 0 radical (unpaired) electrons. The Labute approximate surface area is 95.8 Å². The van der Waals surface area contributed by atoms with E-state index >= 15 is 0 Å². The Kier molecular flexibility index (Phi) is 5.11. The molecule has 0 aliphatic rings. The number of carboxylic acids is 1. The molecule has 0 unspecified atom stereocenters. The van der Waals surface area contributed by atoms with E-state index in [9.17, 15) is 13.2 Å². The van der Waals surface area contributed by atoms with Crippen LogP contribution in [0.5, 0.6) is 0 Å². The topological polar surface area (TPSA) is 95.5 Å². The van der Waals surface area contributed by atoms with Crippen LogP contribution in [-0.4, -0.2) is 44.4 Å². The van der Waals surface area contributed by atoms with Crippen LogP contribution in [0.2, 0.25) is 0 Å². The molecule has 94 valence electrons. The molecule has 0 heterocycles. The first-order valence-corrected chi connectivity index (χ1v) is 6.53. The first-order chi connectivity index (χ1) is 7.03. The zero-order valence-corrected chi connectivity index (χ0v) is 10.5. The number of sulfonamides is 1. The van der Waals surface area contributed by atoms with E-state index in [1.54, 1.807) is 13.8 Å². The maximum atomic E-state index is 11.0. The molecule has 0 fully saturated rings. The van der Waals surface area contributed by atoms with Crippen molar-refractivity contribution in [2.45, 2.75) is 19.4 Å². The summed E-state index contributed by atoms with van der Waals surface area (Å²) >= 11 is 0. The lowest BCUT2D eigenvalue weighted by atomic mass is 10.1. The van der Waals surface area contributed by atoms with Crippen molar-refractivity contribution in [3.8, 4) is 0 Å². The quantitative estimate of drug-likeness (QED) is 0.532. The van der Waals surface area contributed by atoms with Crippen molar-refractivity contribution < 1.29 is 18.3 Å². The van der Waals surface area contributed by atoms with E-state index in [0.29, 0.717) is 6.54 Å². The maximum absolute atomic E-state index is 11.0. The van der Waals surface area contributed by atoms with Gasteiger partial charge in [-0.15, -0.1) is 0 Å². The minimum Gasteiger partial charge on any atom is -0.478 e. The number of hydrogen-bond acceptors (Lipinski definition) is 4. The van der Waals surface area contributed by atoms with Gasteiger partial charge < -0.3 is 10.4 Å². The van der Waals surface area contributed by atoms with E-state index in [1.165, 1.54) is 0 Å². The lowest BCUT2D eigenvalue weighted by molar-refractivity contribution is -0.132. The van der Waals surface area contributed by atoms with Gasteiger partial charge >= 0.3 is 5.97 Å². The third kappa shape index (κ3) is 7.38. The van der Waals surface area contributed by atoms with Crippen LogP contribution in [0, 0.1) is 0 Å². The summed E-state index contributed by atoms with van der Waals surface area (Å²) in [5.41, 5.74) is -0.637. The van der Waals surface area contributed by atoms with E-state index in [0.717, 1.165) is 6.26 Å². The van der Waals surface area contributed by atoms with Crippen LogP contribution in [-0.2, 0) is 14.8 Å². The van der Waals surface area contributed by atoms with Gasteiger partial charge in [-0.3, -0.25) is 0 Å². The third-order valence-corrected chi connectivity index (χ3v) is 2.59. The summed E-state index contributed by atoms with van der Waals surface area (Å²) in [5, 5.41) is 11.4. The number of rotatable bonds is 7. The predicted molar refractivity (Wildman–Crippen MR) is 61.7 cm³/mol. The molecule has 16 heavy (non-hydrogen) atoms. The van der Waals surface area contributed by atoms with Crippen molar-refractivity contribution >= 4 is 16.0 Å². The van der Waals surface area contributed by atoms with Crippen LogP contribution in [0.3, 0.4) is 0 Å². The maximum Gasteiger partial charge on any atom is 0.332 e. The molecule has 0 atom stereocenters. The molecule has 0 aromatic carbocycles. The smallest absolute Gasteiger partial charge is 0.332 e. The second kappa shape index (κ2) is 5.42. The normalized spacial score (nSPS) is 12.4. The Morgan fingerprint density at radius 2 is 1.94 bits per heavy atom. The summed E-state index contributed by atoms with van der Waals surface area (Å²) < 4.78 is 24.4. The fraction of sp³-hybridized carbons (Fsp3) is 0.667. The minimum absolute atomic E-state index is 0.0372. The number of carbonyl (C=O) groups is 1. The van der Waals surface area contributed by atoms with Gasteiger partial charge in [-0.25, -0.2) is 17.9 Å². The molecule has 0 saturated heterocycles. The highest BCUT2D eigenvalue weighted by atomic mass is 32.2. The molecule has 0 aliphatic carbocycles. The highest BCUT2D eigenvalue weighted by Gasteiger charge is 2.21. The Balaban J connectivity index is 4.11. The first-order valence-electron chi connectivity index (χ1n) is 4.64.